The summed E-state index contributed by atoms with van der Waals surface area (Å²) in [6.45, 7) is 0. The van der Waals surface area contributed by atoms with Crippen LogP contribution in [0.25, 0.3) is 93.6 Å². The topological polar surface area (TPSA) is 65.7 Å². The molecule has 2 aliphatic rings. The van der Waals surface area contributed by atoms with E-state index in [2.05, 4.69) is 162 Å². The van der Waals surface area contributed by atoms with Crippen molar-refractivity contribution in [2.45, 2.75) is 12.0 Å². The number of fused-ring (bicyclic) bond motifs is 7. The van der Waals surface area contributed by atoms with Gasteiger partial charge in [-0.15, -0.1) is 11.3 Å². The van der Waals surface area contributed by atoms with Crippen LogP contribution in [-0.2, 0) is 0 Å². The first kappa shape index (κ1) is 33.6. The average Bonchev–Trinajstić information content (AvgIpc) is 4.01. The van der Waals surface area contributed by atoms with Gasteiger partial charge in [-0.05, 0) is 77.9 Å². The molecule has 6 nitrogen and oxygen atoms in total. The summed E-state index contributed by atoms with van der Waals surface area (Å²) in [6, 6.07) is 57.2. The molecule has 0 N–H and O–H groups in total. The lowest BCUT2D eigenvalue weighted by molar-refractivity contribution is 0.269. The van der Waals surface area contributed by atoms with Gasteiger partial charge in [0.1, 0.15) is 17.7 Å². The van der Waals surface area contributed by atoms with Crippen LogP contribution in [-0.4, -0.2) is 30.6 Å². The summed E-state index contributed by atoms with van der Waals surface area (Å²) >= 11 is 1.78. The molecule has 0 amide bonds. The minimum atomic E-state index is 0.0146. The number of benzene rings is 7. The molecule has 3 aromatic heterocycles. The third kappa shape index (κ3) is 5.69. The van der Waals surface area contributed by atoms with Crippen LogP contribution < -0.4 is 4.74 Å². The van der Waals surface area contributed by atoms with Gasteiger partial charge in [0.25, 0.3) is 0 Å². The fourth-order valence-corrected chi connectivity index (χ4v) is 9.74. The van der Waals surface area contributed by atoms with Crippen molar-refractivity contribution in [1.82, 2.24) is 24.5 Å². The zero-order valence-corrected chi connectivity index (χ0v) is 32.4. The van der Waals surface area contributed by atoms with Crippen molar-refractivity contribution < 1.29 is 4.74 Å². The van der Waals surface area contributed by atoms with E-state index in [-0.39, 0.29) is 12.0 Å². The number of nitrogens with zero attached hydrogens (tertiary/aromatic N) is 5. The van der Waals surface area contributed by atoms with Gasteiger partial charge >= 0.3 is 0 Å². The van der Waals surface area contributed by atoms with E-state index >= 15 is 0 Å². The fourth-order valence-electron chi connectivity index (χ4n) is 8.55. The van der Waals surface area contributed by atoms with Crippen molar-refractivity contribution in [1.29, 1.82) is 0 Å². The maximum Gasteiger partial charge on any atom is 0.165 e. The first-order valence-electron chi connectivity index (χ1n) is 19.8. The highest BCUT2D eigenvalue weighted by molar-refractivity contribution is 7.26. The summed E-state index contributed by atoms with van der Waals surface area (Å²) in [5.41, 5.74) is 10.5. The number of thiophene rings is 1. The van der Waals surface area contributed by atoms with Gasteiger partial charge in [-0.1, -0.05) is 121 Å². The van der Waals surface area contributed by atoms with Crippen LogP contribution in [0, 0.1) is 0 Å². The molecule has 0 bridgehead atoms. The SMILES string of the molecule is C1=CC2Oc3ccc(-c4nc(-c5ccccc5)nc(-c5cccc6c5sc5ccc(-c7ccc(-c8nc9ccccc9n8-c8ccccc8)cc7)cc56)n4)cc3C2C=C1. The van der Waals surface area contributed by atoms with E-state index in [0.717, 1.165) is 71.9 Å². The molecule has 7 aromatic carbocycles. The van der Waals surface area contributed by atoms with Gasteiger partial charge in [-0.2, -0.15) is 0 Å². The van der Waals surface area contributed by atoms with Gasteiger partial charge < -0.3 is 4.74 Å². The molecule has 59 heavy (non-hydrogen) atoms. The molecule has 2 atom stereocenters. The Balaban J connectivity index is 0.937. The highest BCUT2D eigenvalue weighted by atomic mass is 32.1. The summed E-state index contributed by atoms with van der Waals surface area (Å²) in [5, 5.41) is 2.39. The smallest absolute Gasteiger partial charge is 0.165 e. The highest BCUT2D eigenvalue weighted by Gasteiger charge is 2.32. The fraction of sp³-hybridized carbons (Fsp3) is 0.0385. The van der Waals surface area contributed by atoms with Crippen molar-refractivity contribution in [3.05, 3.63) is 194 Å². The minimum Gasteiger partial charge on any atom is -0.485 e. The van der Waals surface area contributed by atoms with Crippen LogP contribution in [0.5, 0.6) is 5.75 Å². The van der Waals surface area contributed by atoms with E-state index in [0.29, 0.717) is 17.5 Å². The molecule has 0 radical (unpaired) electrons. The van der Waals surface area contributed by atoms with E-state index in [1.807, 2.05) is 30.3 Å². The number of allylic oxidation sites excluding steroid dienone is 2. The standard InChI is InChI=1S/C52H33N5OS/c1-3-12-33(13-4-1)49-54-50(36-26-28-46-41(31-36)38-16-7-10-21-45(38)58-46)56-51(55-49)40-18-11-17-39-42-30-35(27-29-47(42)59-48(39)40)32-22-24-34(25-23-32)52-53-43-19-8-9-20-44(43)57(52)37-14-5-2-6-15-37/h1-31,38,45H. The number of rotatable bonds is 6. The molecule has 1 aliphatic carbocycles. The summed E-state index contributed by atoms with van der Waals surface area (Å²) in [7, 11) is 0. The second-order valence-electron chi connectivity index (χ2n) is 15.0. The lowest BCUT2D eigenvalue weighted by Crippen LogP contribution is -2.15. The first-order chi connectivity index (χ1) is 29.2. The number of hydrogen-bond acceptors (Lipinski definition) is 6. The second-order valence-corrected chi connectivity index (χ2v) is 16.0. The molecule has 0 spiro atoms. The Bertz CT molecular complexity index is 3310. The molecule has 4 heterocycles. The predicted octanol–water partition coefficient (Wildman–Crippen LogP) is 12.9. The molecule has 7 heteroatoms. The quantitative estimate of drug-likeness (QED) is 0.168. The van der Waals surface area contributed by atoms with E-state index < -0.39 is 0 Å². The molecular weight excluding hydrogens is 743 g/mol. The largest absolute Gasteiger partial charge is 0.485 e. The maximum atomic E-state index is 6.26. The Hall–Kier alpha value is -7.48. The van der Waals surface area contributed by atoms with Crippen LogP contribution in [0.3, 0.4) is 0 Å². The highest BCUT2D eigenvalue weighted by Crippen LogP contribution is 2.44. The van der Waals surface area contributed by atoms with Crippen molar-refractivity contribution in [2.75, 3.05) is 0 Å². The summed E-state index contributed by atoms with van der Waals surface area (Å²) in [6.07, 6.45) is 8.49. The number of aromatic nitrogens is 5. The average molecular weight is 776 g/mol. The van der Waals surface area contributed by atoms with E-state index in [1.165, 1.54) is 15.5 Å². The van der Waals surface area contributed by atoms with Crippen molar-refractivity contribution in [2.24, 2.45) is 0 Å². The van der Waals surface area contributed by atoms with Gasteiger partial charge in [-0.3, -0.25) is 4.57 Å². The van der Waals surface area contributed by atoms with Crippen molar-refractivity contribution in [3.8, 4) is 68.1 Å². The molecule has 2 unspecified atom stereocenters. The minimum absolute atomic E-state index is 0.0146. The van der Waals surface area contributed by atoms with Gasteiger partial charge in [0.05, 0.1) is 11.0 Å². The van der Waals surface area contributed by atoms with E-state index in [1.54, 1.807) is 11.3 Å². The zero-order valence-electron chi connectivity index (χ0n) is 31.6. The molecule has 12 rings (SSSR count). The van der Waals surface area contributed by atoms with Crippen LogP contribution in [0.15, 0.2) is 188 Å². The third-order valence-corrected chi connectivity index (χ3v) is 12.7. The maximum absolute atomic E-state index is 6.26. The molecule has 1 aliphatic heterocycles. The van der Waals surface area contributed by atoms with Gasteiger partial charge in [0.15, 0.2) is 17.5 Å². The monoisotopic (exact) mass is 775 g/mol. The predicted molar refractivity (Wildman–Crippen MR) is 240 cm³/mol. The Labute approximate surface area is 344 Å². The van der Waals surface area contributed by atoms with Crippen molar-refractivity contribution in [3.63, 3.8) is 0 Å². The lowest BCUT2D eigenvalue weighted by Gasteiger charge is -2.14. The number of hydrogen-bond donors (Lipinski definition) is 0. The van der Waals surface area contributed by atoms with E-state index in [9.17, 15) is 0 Å². The molecular formula is C52H33N5OS. The van der Waals surface area contributed by atoms with E-state index in [4.69, 9.17) is 24.7 Å². The zero-order chi connectivity index (χ0) is 38.9. The Morgan fingerprint density at radius 3 is 2.08 bits per heavy atom. The number of para-hydroxylation sites is 3. The second kappa shape index (κ2) is 13.6. The molecule has 0 fully saturated rings. The molecule has 0 saturated carbocycles. The van der Waals surface area contributed by atoms with Crippen LogP contribution >= 0.6 is 11.3 Å². The Morgan fingerprint density at radius 1 is 0.508 bits per heavy atom. The van der Waals surface area contributed by atoms with Gasteiger partial charge in [0, 0.05) is 59.6 Å². The lowest BCUT2D eigenvalue weighted by atomic mass is 9.91. The third-order valence-electron chi connectivity index (χ3n) is 11.4. The summed E-state index contributed by atoms with van der Waals surface area (Å²) < 4.78 is 10.9. The van der Waals surface area contributed by atoms with Gasteiger partial charge in [0.2, 0.25) is 0 Å². The Morgan fingerprint density at radius 2 is 1.22 bits per heavy atom. The van der Waals surface area contributed by atoms with Crippen LogP contribution in [0.2, 0.25) is 0 Å². The Kier molecular flexibility index (Phi) is 7.74. The number of imidazole rings is 1. The molecule has 0 saturated heterocycles. The van der Waals surface area contributed by atoms with Crippen LogP contribution in [0.4, 0.5) is 0 Å². The van der Waals surface area contributed by atoms with Crippen molar-refractivity contribution >= 4 is 42.5 Å². The normalized spacial score (nSPS) is 15.5. The van der Waals surface area contributed by atoms with Crippen LogP contribution in [0.1, 0.15) is 11.5 Å². The number of ether oxygens (including phenoxy) is 1. The first-order valence-corrected chi connectivity index (χ1v) is 20.6. The molecule has 278 valence electrons. The van der Waals surface area contributed by atoms with Gasteiger partial charge in [-0.25, -0.2) is 19.9 Å². The molecule has 10 aromatic rings. The summed E-state index contributed by atoms with van der Waals surface area (Å²) in [4.78, 5) is 20.5. The summed E-state index contributed by atoms with van der Waals surface area (Å²) in [5.74, 6) is 3.93.